The Morgan fingerprint density at radius 2 is 1.80 bits per heavy atom. The second-order valence-electron chi connectivity index (χ2n) is 5.78. The molecule has 0 amide bonds. The van der Waals surface area contributed by atoms with Gasteiger partial charge in [0, 0.05) is 38.0 Å². The van der Waals surface area contributed by atoms with E-state index in [0.717, 1.165) is 44.8 Å². The van der Waals surface area contributed by atoms with Gasteiger partial charge in [-0.1, -0.05) is 30.3 Å². The van der Waals surface area contributed by atoms with E-state index in [2.05, 4.69) is 45.1 Å². The molecule has 1 aromatic carbocycles. The fraction of sp³-hybridized carbons (Fsp3) is 0.500. The molecule has 4 heteroatoms. The fourth-order valence-electron chi connectivity index (χ4n) is 3.41. The first kappa shape index (κ1) is 12.1. The van der Waals surface area contributed by atoms with Gasteiger partial charge in [-0.15, -0.1) is 10.2 Å². The van der Waals surface area contributed by atoms with Crippen molar-refractivity contribution >= 4 is 0 Å². The smallest absolute Gasteiger partial charge is 0.136 e. The van der Waals surface area contributed by atoms with Crippen LogP contribution >= 0.6 is 0 Å². The number of benzene rings is 1. The van der Waals surface area contributed by atoms with Gasteiger partial charge in [0.15, 0.2) is 0 Å². The van der Waals surface area contributed by atoms with Crippen LogP contribution in [0.3, 0.4) is 0 Å². The molecular weight excluding hydrogens is 250 g/mol. The highest BCUT2D eigenvalue weighted by molar-refractivity contribution is 5.24. The number of rotatable bonds is 2. The van der Waals surface area contributed by atoms with Crippen LogP contribution in [0.15, 0.2) is 30.3 Å². The molecule has 4 nitrogen and oxygen atoms in total. The minimum atomic E-state index is 0.527. The van der Waals surface area contributed by atoms with Crippen molar-refractivity contribution in [3.8, 4) is 0 Å². The Morgan fingerprint density at radius 1 is 1.00 bits per heavy atom. The molecule has 20 heavy (non-hydrogen) atoms. The Labute approximate surface area is 118 Å². The number of fused-ring (bicyclic) bond motifs is 1. The molecule has 1 unspecified atom stereocenters. The standard InChI is InChI=1S/C16H19N3O/c1-2-4-12(5-3-1)14-10-15-17-18-16(19(15)11-14)13-6-8-20-9-7-13/h1-5,13-14H,6-11H2. The number of hydrogen-bond donors (Lipinski definition) is 0. The van der Waals surface area contributed by atoms with Gasteiger partial charge in [-0.05, 0) is 18.4 Å². The quantitative estimate of drug-likeness (QED) is 0.841. The number of hydrogen-bond acceptors (Lipinski definition) is 3. The summed E-state index contributed by atoms with van der Waals surface area (Å²) in [5.74, 6) is 3.42. The van der Waals surface area contributed by atoms with Crippen LogP contribution in [0, 0.1) is 0 Å². The lowest BCUT2D eigenvalue weighted by Crippen LogP contribution is -2.18. The van der Waals surface area contributed by atoms with Crippen molar-refractivity contribution in [1.29, 1.82) is 0 Å². The maximum atomic E-state index is 5.45. The molecule has 0 spiro atoms. The Hall–Kier alpha value is -1.68. The first-order valence-corrected chi connectivity index (χ1v) is 7.46. The van der Waals surface area contributed by atoms with E-state index in [4.69, 9.17) is 4.74 Å². The number of ether oxygens (including phenoxy) is 1. The topological polar surface area (TPSA) is 39.9 Å². The summed E-state index contributed by atoms with van der Waals surface area (Å²) in [5.41, 5.74) is 1.41. The van der Waals surface area contributed by atoms with Crippen LogP contribution in [0.5, 0.6) is 0 Å². The van der Waals surface area contributed by atoms with Crippen LogP contribution in [0.25, 0.3) is 0 Å². The van der Waals surface area contributed by atoms with E-state index in [1.807, 2.05) is 0 Å². The van der Waals surface area contributed by atoms with Gasteiger partial charge in [-0.2, -0.15) is 0 Å². The average Bonchev–Trinajstić information content (AvgIpc) is 3.09. The van der Waals surface area contributed by atoms with Gasteiger partial charge in [0.1, 0.15) is 11.6 Å². The predicted molar refractivity (Wildman–Crippen MR) is 75.7 cm³/mol. The third-order valence-corrected chi connectivity index (χ3v) is 4.55. The van der Waals surface area contributed by atoms with E-state index in [1.54, 1.807) is 0 Å². The molecule has 0 N–H and O–H groups in total. The van der Waals surface area contributed by atoms with Crippen molar-refractivity contribution in [2.24, 2.45) is 0 Å². The van der Waals surface area contributed by atoms with Gasteiger partial charge in [0.05, 0.1) is 0 Å². The Kier molecular flexibility index (Phi) is 3.03. The van der Waals surface area contributed by atoms with Crippen LogP contribution in [-0.2, 0) is 17.7 Å². The lowest BCUT2D eigenvalue weighted by Gasteiger charge is -2.21. The second kappa shape index (κ2) is 5.02. The normalized spacial score (nSPS) is 22.9. The molecule has 1 fully saturated rings. The van der Waals surface area contributed by atoms with Crippen molar-refractivity contribution in [2.75, 3.05) is 13.2 Å². The summed E-state index contributed by atoms with van der Waals surface area (Å²) in [6.07, 6.45) is 3.17. The van der Waals surface area contributed by atoms with E-state index in [0.29, 0.717) is 11.8 Å². The Balaban J connectivity index is 1.58. The summed E-state index contributed by atoms with van der Waals surface area (Å²) in [7, 11) is 0. The molecule has 2 aromatic rings. The van der Waals surface area contributed by atoms with Crippen LogP contribution < -0.4 is 0 Å². The SMILES string of the molecule is c1ccc(C2Cc3nnc(C4CCOCC4)n3C2)cc1. The third-order valence-electron chi connectivity index (χ3n) is 4.55. The maximum absolute atomic E-state index is 5.45. The van der Waals surface area contributed by atoms with Gasteiger partial charge in [-0.3, -0.25) is 0 Å². The highest BCUT2D eigenvalue weighted by Gasteiger charge is 2.30. The lowest BCUT2D eigenvalue weighted by atomic mass is 9.97. The molecule has 0 saturated carbocycles. The molecule has 1 saturated heterocycles. The summed E-state index contributed by atoms with van der Waals surface area (Å²) < 4.78 is 7.80. The average molecular weight is 269 g/mol. The van der Waals surface area contributed by atoms with Crippen molar-refractivity contribution in [1.82, 2.24) is 14.8 Å². The fourth-order valence-corrected chi connectivity index (χ4v) is 3.41. The van der Waals surface area contributed by atoms with Gasteiger partial charge < -0.3 is 9.30 Å². The molecule has 2 aliphatic rings. The minimum absolute atomic E-state index is 0.527. The molecule has 3 heterocycles. The molecule has 1 aromatic heterocycles. The van der Waals surface area contributed by atoms with E-state index < -0.39 is 0 Å². The highest BCUT2D eigenvalue weighted by atomic mass is 16.5. The predicted octanol–water partition coefficient (Wildman–Crippen LogP) is 2.51. The monoisotopic (exact) mass is 269 g/mol. The largest absolute Gasteiger partial charge is 0.381 e. The molecular formula is C16H19N3O. The molecule has 1 atom stereocenters. The molecule has 104 valence electrons. The second-order valence-corrected chi connectivity index (χ2v) is 5.78. The van der Waals surface area contributed by atoms with Crippen LogP contribution in [0.2, 0.25) is 0 Å². The zero-order chi connectivity index (χ0) is 13.4. The summed E-state index contributed by atoms with van der Waals surface area (Å²) >= 11 is 0. The molecule has 4 rings (SSSR count). The van der Waals surface area contributed by atoms with Crippen LogP contribution in [-0.4, -0.2) is 28.0 Å². The van der Waals surface area contributed by atoms with Gasteiger partial charge in [0.25, 0.3) is 0 Å². The van der Waals surface area contributed by atoms with E-state index in [-0.39, 0.29) is 0 Å². The zero-order valence-electron chi connectivity index (χ0n) is 11.5. The summed E-state index contributed by atoms with van der Waals surface area (Å²) in [6, 6.07) is 10.8. The minimum Gasteiger partial charge on any atom is -0.381 e. The Morgan fingerprint density at radius 3 is 2.60 bits per heavy atom. The first-order valence-electron chi connectivity index (χ1n) is 7.46. The van der Waals surface area contributed by atoms with Gasteiger partial charge in [-0.25, -0.2) is 0 Å². The van der Waals surface area contributed by atoms with Crippen molar-refractivity contribution in [3.63, 3.8) is 0 Å². The summed E-state index contributed by atoms with van der Waals surface area (Å²) in [5, 5.41) is 8.87. The third kappa shape index (κ3) is 2.04. The molecule has 0 radical (unpaired) electrons. The summed E-state index contributed by atoms with van der Waals surface area (Å²) in [6.45, 7) is 2.74. The number of nitrogens with zero attached hydrogens (tertiary/aromatic N) is 3. The first-order chi connectivity index (χ1) is 9.92. The van der Waals surface area contributed by atoms with E-state index >= 15 is 0 Å². The molecule has 0 aliphatic carbocycles. The van der Waals surface area contributed by atoms with E-state index in [1.165, 1.54) is 11.4 Å². The van der Waals surface area contributed by atoms with Crippen molar-refractivity contribution in [3.05, 3.63) is 47.5 Å². The van der Waals surface area contributed by atoms with Gasteiger partial charge >= 0.3 is 0 Å². The molecule has 2 aliphatic heterocycles. The van der Waals surface area contributed by atoms with Crippen molar-refractivity contribution < 1.29 is 4.74 Å². The van der Waals surface area contributed by atoms with E-state index in [9.17, 15) is 0 Å². The highest BCUT2D eigenvalue weighted by Crippen LogP contribution is 2.33. The van der Waals surface area contributed by atoms with Crippen LogP contribution in [0.4, 0.5) is 0 Å². The molecule has 0 bridgehead atoms. The maximum Gasteiger partial charge on any atom is 0.136 e. The lowest BCUT2D eigenvalue weighted by molar-refractivity contribution is 0.0827. The van der Waals surface area contributed by atoms with Gasteiger partial charge in [0.2, 0.25) is 0 Å². The number of aromatic nitrogens is 3. The zero-order valence-corrected chi connectivity index (χ0v) is 11.5. The Bertz CT molecular complexity index is 587. The van der Waals surface area contributed by atoms with Crippen molar-refractivity contribution in [2.45, 2.75) is 37.6 Å². The summed E-state index contributed by atoms with van der Waals surface area (Å²) in [4.78, 5) is 0. The van der Waals surface area contributed by atoms with Crippen LogP contribution in [0.1, 0.15) is 41.9 Å².